The lowest BCUT2D eigenvalue weighted by Crippen LogP contribution is -2.19. The van der Waals surface area contributed by atoms with Crippen LogP contribution in [0.25, 0.3) is 0 Å². The second kappa shape index (κ2) is 3.65. The molecule has 1 rings (SSSR count). The highest BCUT2D eigenvalue weighted by Gasteiger charge is 1.92. The van der Waals surface area contributed by atoms with Crippen LogP contribution in [0.5, 0.6) is 0 Å². The van der Waals surface area contributed by atoms with Gasteiger partial charge in [0.15, 0.2) is 0 Å². The molecule has 1 aromatic rings. The molecule has 0 aliphatic carbocycles. The molecule has 0 aromatic carbocycles. The molecule has 0 spiro atoms. The van der Waals surface area contributed by atoms with Crippen molar-refractivity contribution in [1.29, 1.82) is 0 Å². The predicted octanol–water partition coefficient (Wildman–Crippen LogP) is 0.113. The summed E-state index contributed by atoms with van der Waals surface area (Å²) < 4.78 is 0. The van der Waals surface area contributed by atoms with Gasteiger partial charge in [0, 0.05) is 13.1 Å². The number of hydrogen-bond donors (Lipinski definition) is 1. The Morgan fingerprint density at radius 1 is 1.73 bits per heavy atom. The molecule has 0 bridgehead atoms. The first-order valence-electron chi connectivity index (χ1n) is 3.28. The second-order valence-electron chi connectivity index (χ2n) is 2.11. The van der Waals surface area contributed by atoms with Crippen LogP contribution in [0, 0.1) is 0 Å². The third-order valence-corrected chi connectivity index (χ3v) is 1.16. The minimum Gasteiger partial charge on any atom is -0.351 e. The van der Waals surface area contributed by atoms with E-state index >= 15 is 0 Å². The van der Waals surface area contributed by atoms with Gasteiger partial charge >= 0.3 is 0 Å². The summed E-state index contributed by atoms with van der Waals surface area (Å²) in [4.78, 5) is 18.1. The lowest BCUT2D eigenvalue weighted by Gasteiger charge is -1.98. The molecular weight excluding hydrogens is 142 g/mol. The van der Waals surface area contributed by atoms with Crippen LogP contribution < -0.4 is 5.32 Å². The predicted molar refractivity (Wildman–Crippen MR) is 39.6 cm³/mol. The number of carbonyl (C=O) groups excluding carboxylic acids is 1. The van der Waals surface area contributed by atoms with Crippen LogP contribution in [-0.4, -0.2) is 15.9 Å². The highest BCUT2D eigenvalue weighted by atomic mass is 16.1. The van der Waals surface area contributed by atoms with Gasteiger partial charge in [-0.15, -0.1) is 0 Å². The molecule has 58 valence electrons. The Bertz CT molecular complexity index is 235. The number of aromatic nitrogens is 2. The molecule has 1 amide bonds. The van der Waals surface area contributed by atoms with Crippen molar-refractivity contribution in [2.75, 3.05) is 0 Å². The van der Waals surface area contributed by atoms with Gasteiger partial charge in [0.25, 0.3) is 0 Å². The van der Waals surface area contributed by atoms with Gasteiger partial charge < -0.3 is 5.32 Å². The maximum Gasteiger partial charge on any atom is 0.217 e. The van der Waals surface area contributed by atoms with E-state index in [2.05, 4.69) is 15.3 Å². The summed E-state index contributed by atoms with van der Waals surface area (Å²) in [5.74, 6) is -0.0522. The number of hydrogen-bond acceptors (Lipinski definition) is 3. The molecular formula is C7H9N3O. The maximum absolute atomic E-state index is 10.5. The van der Waals surface area contributed by atoms with Crippen molar-refractivity contribution >= 4 is 5.91 Å². The quantitative estimate of drug-likeness (QED) is 0.652. The van der Waals surface area contributed by atoms with Gasteiger partial charge in [-0.2, -0.15) is 0 Å². The van der Waals surface area contributed by atoms with Crippen LogP contribution >= 0.6 is 0 Å². The third-order valence-electron chi connectivity index (χ3n) is 1.16. The SMILES string of the molecule is CC(=O)NCc1ccncn1. The zero-order valence-corrected chi connectivity index (χ0v) is 6.24. The van der Waals surface area contributed by atoms with E-state index in [4.69, 9.17) is 0 Å². The van der Waals surface area contributed by atoms with Gasteiger partial charge in [-0.25, -0.2) is 9.97 Å². The molecule has 0 radical (unpaired) electrons. The van der Waals surface area contributed by atoms with Crippen molar-refractivity contribution in [2.45, 2.75) is 13.5 Å². The molecule has 0 fully saturated rings. The summed E-state index contributed by atoms with van der Waals surface area (Å²) in [5, 5.41) is 2.63. The van der Waals surface area contributed by atoms with Crippen LogP contribution in [0.4, 0.5) is 0 Å². The zero-order valence-electron chi connectivity index (χ0n) is 6.24. The Kier molecular flexibility index (Phi) is 2.54. The third kappa shape index (κ3) is 2.75. The van der Waals surface area contributed by atoms with E-state index in [-0.39, 0.29) is 5.91 Å². The Labute approximate surface area is 64.7 Å². The maximum atomic E-state index is 10.5. The first-order chi connectivity index (χ1) is 5.29. The number of nitrogens with one attached hydrogen (secondary N) is 1. The Hall–Kier alpha value is -1.45. The number of nitrogens with zero attached hydrogens (tertiary/aromatic N) is 2. The standard InChI is InChI=1S/C7H9N3O/c1-6(11)9-4-7-2-3-8-5-10-7/h2-3,5H,4H2,1H3,(H,9,11). The minimum atomic E-state index is -0.0522. The fraction of sp³-hybridized carbons (Fsp3) is 0.286. The fourth-order valence-corrected chi connectivity index (χ4v) is 0.638. The normalized spacial score (nSPS) is 9.18. The first kappa shape index (κ1) is 7.65. The Morgan fingerprint density at radius 3 is 3.09 bits per heavy atom. The monoisotopic (exact) mass is 151 g/mol. The Balaban J connectivity index is 2.45. The number of carbonyl (C=O) groups is 1. The highest BCUT2D eigenvalue weighted by Crippen LogP contribution is 1.88. The van der Waals surface area contributed by atoms with Crippen LogP contribution in [0.2, 0.25) is 0 Å². The van der Waals surface area contributed by atoms with Gasteiger partial charge in [0.05, 0.1) is 12.2 Å². The summed E-state index contributed by atoms with van der Waals surface area (Å²) >= 11 is 0. The molecule has 0 saturated carbocycles. The molecule has 0 saturated heterocycles. The van der Waals surface area contributed by atoms with Crippen LogP contribution in [0.15, 0.2) is 18.6 Å². The van der Waals surface area contributed by atoms with E-state index < -0.39 is 0 Å². The molecule has 1 aromatic heterocycles. The van der Waals surface area contributed by atoms with E-state index in [9.17, 15) is 4.79 Å². The summed E-state index contributed by atoms with van der Waals surface area (Å²) in [6, 6.07) is 1.76. The molecule has 11 heavy (non-hydrogen) atoms. The van der Waals surface area contributed by atoms with Crippen molar-refractivity contribution in [3.05, 3.63) is 24.3 Å². The van der Waals surface area contributed by atoms with Gasteiger partial charge in [-0.1, -0.05) is 0 Å². The lowest BCUT2D eigenvalue weighted by molar-refractivity contribution is -0.119. The minimum absolute atomic E-state index is 0.0522. The molecule has 1 N–H and O–H groups in total. The van der Waals surface area contributed by atoms with Crippen molar-refractivity contribution < 1.29 is 4.79 Å². The van der Waals surface area contributed by atoms with Crippen molar-refractivity contribution in [1.82, 2.24) is 15.3 Å². The number of amides is 1. The summed E-state index contributed by atoms with van der Waals surface area (Å²) in [6.45, 7) is 1.94. The lowest BCUT2D eigenvalue weighted by atomic mass is 10.4. The summed E-state index contributed by atoms with van der Waals surface area (Å²) in [6.07, 6.45) is 3.10. The summed E-state index contributed by atoms with van der Waals surface area (Å²) in [7, 11) is 0. The van der Waals surface area contributed by atoms with Gasteiger partial charge in [-0.3, -0.25) is 4.79 Å². The largest absolute Gasteiger partial charge is 0.351 e. The molecule has 0 atom stereocenters. The second-order valence-corrected chi connectivity index (χ2v) is 2.11. The first-order valence-corrected chi connectivity index (χ1v) is 3.28. The average Bonchev–Trinajstić information content (AvgIpc) is 2.03. The van der Waals surface area contributed by atoms with Crippen LogP contribution in [0.3, 0.4) is 0 Å². The number of rotatable bonds is 2. The van der Waals surface area contributed by atoms with Crippen LogP contribution in [0.1, 0.15) is 12.6 Å². The van der Waals surface area contributed by atoms with E-state index in [1.807, 2.05) is 0 Å². The van der Waals surface area contributed by atoms with Gasteiger partial charge in [0.1, 0.15) is 6.33 Å². The molecule has 4 nitrogen and oxygen atoms in total. The Morgan fingerprint density at radius 2 is 2.55 bits per heavy atom. The highest BCUT2D eigenvalue weighted by molar-refractivity contribution is 5.72. The molecule has 0 unspecified atom stereocenters. The summed E-state index contributed by atoms with van der Waals surface area (Å²) in [5.41, 5.74) is 0.815. The molecule has 0 aliphatic rings. The van der Waals surface area contributed by atoms with Crippen LogP contribution in [-0.2, 0) is 11.3 Å². The smallest absolute Gasteiger partial charge is 0.217 e. The van der Waals surface area contributed by atoms with Gasteiger partial charge in [-0.05, 0) is 6.07 Å². The van der Waals surface area contributed by atoms with E-state index in [1.54, 1.807) is 12.3 Å². The van der Waals surface area contributed by atoms with Crippen molar-refractivity contribution in [2.24, 2.45) is 0 Å². The molecule has 0 aliphatic heterocycles. The van der Waals surface area contributed by atoms with Crippen molar-refractivity contribution in [3.63, 3.8) is 0 Å². The van der Waals surface area contributed by atoms with Gasteiger partial charge in [0.2, 0.25) is 5.91 Å². The molecule has 1 heterocycles. The fourth-order valence-electron chi connectivity index (χ4n) is 0.638. The zero-order chi connectivity index (χ0) is 8.10. The van der Waals surface area contributed by atoms with Crippen molar-refractivity contribution in [3.8, 4) is 0 Å². The van der Waals surface area contributed by atoms with E-state index in [0.717, 1.165) is 5.69 Å². The van der Waals surface area contributed by atoms with E-state index in [1.165, 1.54) is 13.3 Å². The topological polar surface area (TPSA) is 54.9 Å². The molecule has 4 heteroatoms. The van der Waals surface area contributed by atoms with E-state index in [0.29, 0.717) is 6.54 Å². The average molecular weight is 151 g/mol.